The predicted molar refractivity (Wildman–Crippen MR) is 98.7 cm³/mol. The number of hydrogen-bond acceptors (Lipinski definition) is 4. The molecule has 6 heteroatoms. The van der Waals surface area contributed by atoms with E-state index in [4.69, 9.17) is 0 Å². The highest BCUT2D eigenvalue weighted by Gasteiger charge is 2.23. The van der Waals surface area contributed by atoms with Gasteiger partial charge in [-0.2, -0.15) is 5.10 Å². The first kappa shape index (κ1) is 17.4. The summed E-state index contributed by atoms with van der Waals surface area (Å²) in [4.78, 5) is 26.7. The van der Waals surface area contributed by atoms with Crippen molar-refractivity contribution in [2.75, 3.05) is 26.2 Å². The fourth-order valence-electron chi connectivity index (χ4n) is 3.28. The van der Waals surface area contributed by atoms with E-state index in [-0.39, 0.29) is 17.2 Å². The van der Waals surface area contributed by atoms with Gasteiger partial charge >= 0.3 is 0 Å². The predicted octanol–water partition coefficient (Wildman–Crippen LogP) is 1.94. The minimum atomic E-state index is -0.280. The number of hydrogen-bond donors (Lipinski definition) is 2. The van der Waals surface area contributed by atoms with Crippen LogP contribution in [0.1, 0.15) is 30.8 Å². The summed E-state index contributed by atoms with van der Waals surface area (Å²) in [5, 5.41) is 10.4. The fraction of sp³-hybridized carbons (Fsp3) is 0.421. The van der Waals surface area contributed by atoms with Crippen molar-refractivity contribution in [2.45, 2.75) is 20.3 Å². The van der Waals surface area contributed by atoms with Gasteiger partial charge in [0.25, 0.3) is 11.5 Å². The second kappa shape index (κ2) is 7.61. The zero-order chi connectivity index (χ0) is 17.8. The van der Waals surface area contributed by atoms with Gasteiger partial charge in [-0.1, -0.05) is 29.8 Å². The van der Waals surface area contributed by atoms with Gasteiger partial charge in [-0.15, -0.1) is 0 Å². The molecule has 6 nitrogen and oxygen atoms in total. The lowest BCUT2D eigenvalue weighted by atomic mass is 10.1. The van der Waals surface area contributed by atoms with Gasteiger partial charge in [0, 0.05) is 25.0 Å². The Kier molecular flexibility index (Phi) is 5.28. The van der Waals surface area contributed by atoms with Gasteiger partial charge < -0.3 is 5.32 Å². The number of H-pyrrole nitrogens is 1. The monoisotopic (exact) mass is 340 g/mol. The molecule has 0 aliphatic carbocycles. The highest BCUT2D eigenvalue weighted by atomic mass is 16.2. The molecule has 1 fully saturated rings. The smallest absolute Gasteiger partial charge is 0.272 e. The average molecular weight is 340 g/mol. The Morgan fingerprint density at radius 2 is 2.16 bits per heavy atom. The topological polar surface area (TPSA) is 78.1 Å². The summed E-state index contributed by atoms with van der Waals surface area (Å²) in [5.41, 5.74) is 1.36. The highest BCUT2D eigenvalue weighted by Crippen LogP contribution is 2.17. The summed E-state index contributed by atoms with van der Waals surface area (Å²) in [7, 11) is 0. The molecule has 3 rings (SSSR count). The Balaban J connectivity index is 1.63. The summed E-state index contributed by atoms with van der Waals surface area (Å²) in [6.45, 7) is 7.87. The zero-order valence-corrected chi connectivity index (χ0v) is 14.7. The van der Waals surface area contributed by atoms with E-state index in [0.717, 1.165) is 26.1 Å². The van der Waals surface area contributed by atoms with Crippen molar-refractivity contribution in [3.05, 3.63) is 52.0 Å². The Morgan fingerprint density at radius 1 is 1.40 bits per heavy atom. The van der Waals surface area contributed by atoms with Gasteiger partial charge in [-0.05, 0) is 38.8 Å². The van der Waals surface area contributed by atoms with Crippen LogP contribution in [0, 0.1) is 5.92 Å². The molecule has 1 aromatic heterocycles. The summed E-state index contributed by atoms with van der Waals surface area (Å²) >= 11 is 0. The van der Waals surface area contributed by atoms with Crippen molar-refractivity contribution in [2.24, 2.45) is 5.92 Å². The number of aromatic amines is 1. The van der Waals surface area contributed by atoms with Crippen molar-refractivity contribution in [1.82, 2.24) is 20.4 Å². The van der Waals surface area contributed by atoms with Gasteiger partial charge in [-0.3, -0.25) is 14.5 Å². The molecular formula is C19H24N4O2. The zero-order valence-electron chi connectivity index (χ0n) is 14.7. The Morgan fingerprint density at radius 3 is 2.92 bits per heavy atom. The molecule has 25 heavy (non-hydrogen) atoms. The molecule has 1 aromatic carbocycles. The Hall–Kier alpha value is -2.47. The van der Waals surface area contributed by atoms with Crippen LogP contribution in [0.5, 0.6) is 0 Å². The van der Waals surface area contributed by atoms with Gasteiger partial charge in [0.2, 0.25) is 0 Å². The summed E-state index contributed by atoms with van der Waals surface area (Å²) in [6.07, 6.45) is 3.22. The number of carbonyl (C=O) groups excluding carboxylic acids is 1. The molecule has 132 valence electrons. The number of benzene rings is 1. The molecule has 1 aliphatic rings. The first-order chi connectivity index (χ1) is 12.1. The van der Waals surface area contributed by atoms with Crippen molar-refractivity contribution < 1.29 is 4.79 Å². The highest BCUT2D eigenvalue weighted by molar-refractivity contribution is 6.04. The first-order valence-electron chi connectivity index (χ1n) is 8.68. The van der Waals surface area contributed by atoms with Crippen LogP contribution in [0.2, 0.25) is 0 Å². The third kappa shape index (κ3) is 3.96. The fourth-order valence-corrected chi connectivity index (χ4v) is 3.28. The van der Waals surface area contributed by atoms with Crippen molar-refractivity contribution in [3.63, 3.8) is 0 Å². The number of allylic oxidation sites excluding steroid dienone is 1. The lowest BCUT2D eigenvalue weighted by Gasteiger charge is -2.16. The molecule has 2 N–H and O–H groups in total. The molecule has 0 unspecified atom stereocenters. The molecule has 2 heterocycles. The normalized spacial score (nSPS) is 18.6. The van der Waals surface area contributed by atoms with E-state index in [1.165, 1.54) is 5.57 Å². The molecule has 0 radical (unpaired) electrons. The van der Waals surface area contributed by atoms with E-state index in [2.05, 4.69) is 40.3 Å². The van der Waals surface area contributed by atoms with Crippen molar-refractivity contribution in [3.8, 4) is 0 Å². The molecule has 1 amide bonds. The number of nitrogens with zero attached hydrogens (tertiary/aromatic N) is 2. The maximum Gasteiger partial charge on any atom is 0.272 e. The third-order valence-corrected chi connectivity index (χ3v) is 4.80. The second-order valence-electron chi connectivity index (χ2n) is 6.68. The standard InChI is InChI=1S/C19H24N4O2/c1-3-13(2)11-23-9-8-14(12-23)10-20-19(25)17-15-6-4-5-7-16(15)18(24)22-21-17/h3-7,14H,8-12H2,1-2H3,(H,20,25)(H,22,24)/b13-3+/t14-/m0/s1. The number of rotatable bonds is 5. The molecular weight excluding hydrogens is 316 g/mol. The average Bonchev–Trinajstić information content (AvgIpc) is 3.07. The lowest BCUT2D eigenvalue weighted by Crippen LogP contribution is -2.32. The maximum absolute atomic E-state index is 12.5. The number of fused-ring (bicyclic) bond motifs is 1. The summed E-state index contributed by atoms with van der Waals surface area (Å²) in [6, 6.07) is 7.03. The van der Waals surface area contributed by atoms with Crippen LogP contribution in [-0.2, 0) is 0 Å². The number of aromatic nitrogens is 2. The van der Waals surface area contributed by atoms with E-state index < -0.39 is 0 Å². The number of nitrogens with one attached hydrogen (secondary N) is 2. The van der Waals surface area contributed by atoms with Crippen molar-refractivity contribution >= 4 is 16.7 Å². The molecule has 0 bridgehead atoms. The van der Waals surface area contributed by atoms with Crippen LogP contribution in [-0.4, -0.2) is 47.2 Å². The van der Waals surface area contributed by atoms with Crippen LogP contribution in [0.15, 0.2) is 40.7 Å². The van der Waals surface area contributed by atoms with E-state index in [1.54, 1.807) is 24.3 Å². The van der Waals surface area contributed by atoms with Gasteiger partial charge in [-0.25, -0.2) is 5.10 Å². The third-order valence-electron chi connectivity index (χ3n) is 4.80. The van der Waals surface area contributed by atoms with Gasteiger partial charge in [0.15, 0.2) is 5.69 Å². The second-order valence-corrected chi connectivity index (χ2v) is 6.68. The number of carbonyl (C=O) groups is 1. The van der Waals surface area contributed by atoms with Crippen LogP contribution < -0.4 is 10.9 Å². The Bertz CT molecular complexity index is 856. The van der Waals surface area contributed by atoms with E-state index in [9.17, 15) is 9.59 Å². The summed E-state index contributed by atoms with van der Waals surface area (Å²) in [5.74, 6) is 0.207. The van der Waals surface area contributed by atoms with Gasteiger partial charge in [0.05, 0.1) is 5.39 Å². The van der Waals surface area contributed by atoms with Crippen LogP contribution in [0.4, 0.5) is 0 Å². The molecule has 1 saturated heterocycles. The molecule has 0 spiro atoms. The maximum atomic E-state index is 12.5. The molecule has 0 saturated carbocycles. The van der Waals surface area contributed by atoms with Crippen LogP contribution in [0.3, 0.4) is 0 Å². The SMILES string of the molecule is C/C=C(\C)CN1CC[C@@H](CNC(=O)c2n[nH]c(=O)c3ccccc23)C1. The molecule has 2 aromatic rings. The van der Waals surface area contributed by atoms with E-state index in [0.29, 0.717) is 23.2 Å². The van der Waals surface area contributed by atoms with Crippen LogP contribution in [0.25, 0.3) is 10.8 Å². The largest absolute Gasteiger partial charge is 0.350 e. The van der Waals surface area contributed by atoms with Gasteiger partial charge in [0.1, 0.15) is 0 Å². The molecule has 1 atom stereocenters. The number of likely N-dealkylation sites (tertiary alicyclic amines) is 1. The Labute approximate surface area is 146 Å². The number of amides is 1. The first-order valence-corrected chi connectivity index (χ1v) is 8.68. The van der Waals surface area contributed by atoms with E-state index in [1.807, 2.05) is 0 Å². The summed E-state index contributed by atoms with van der Waals surface area (Å²) < 4.78 is 0. The lowest BCUT2D eigenvalue weighted by molar-refractivity contribution is 0.0943. The van der Waals surface area contributed by atoms with Crippen molar-refractivity contribution in [1.29, 1.82) is 0 Å². The minimum Gasteiger partial charge on any atom is -0.350 e. The quantitative estimate of drug-likeness (QED) is 0.816. The van der Waals surface area contributed by atoms with Crippen LogP contribution >= 0.6 is 0 Å². The molecule has 1 aliphatic heterocycles. The minimum absolute atomic E-state index is 0.240. The van der Waals surface area contributed by atoms with E-state index >= 15 is 0 Å².